The van der Waals surface area contributed by atoms with Gasteiger partial charge in [0.05, 0.1) is 17.1 Å². The molecule has 0 atom stereocenters. The van der Waals surface area contributed by atoms with Crippen LogP contribution < -0.4 is 15.4 Å². The summed E-state index contributed by atoms with van der Waals surface area (Å²) < 4.78 is 92.7. The first-order valence-corrected chi connectivity index (χ1v) is 10.8. The van der Waals surface area contributed by atoms with Crippen LogP contribution in [0, 0.1) is 29.1 Å². The highest BCUT2D eigenvalue weighted by Gasteiger charge is 2.18. The first-order valence-electron chi connectivity index (χ1n) is 9.27. The molecule has 0 aromatic heterocycles. The van der Waals surface area contributed by atoms with Crippen LogP contribution in [0.15, 0.2) is 59.5 Å². The number of anilines is 2. The Morgan fingerprint density at radius 1 is 0.765 bits per heavy atom. The maximum absolute atomic E-state index is 13.6. The maximum atomic E-state index is 13.6. The van der Waals surface area contributed by atoms with Crippen molar-refractivity contribution >= 4 is 33.2 Å². The Morgan fingerprint density at radius 2 is 1.41 bits per heavy atom. The molecule has 3 aromatic carbocycles. The molecule has 2 amide bonds. The molecule has 0 saturated heterocycles. The molecule has 0 aliphatic heterocycles. The van der Waals surface area contributed by atoms with Crippen LogP contribution in [0.3, 0.4) is 0 Å². The number of carbonyl (C=O) groups excluding carboxylic acids is 2. The van der Waals surface area contributed by atoms with Gasteiger partial charge in [0.2, 0.25) is 5.91 Å². The van der Waals surface area contributed by atoms with Gasteiger partial charge in [-0.25, -0.2) is 30.4 Å². The van der Waals surface area contributed by atoms with Gasteiger partial charge in [-0.1, -0.05) is 0 Å². The normalized spacial score (nSPS) is 11.1. The molecule has 0 aliphatic carbocycles. The van der Waals surface area contributed by atoms with Crippen LogP contribution in [-0.4, -0.2) is 26.8 Å². The number of benzene rings is 3. The summed E-state index contributed by atoms with van der Waals surface area (Å²) in [5.74, 6) is -9.02. The highest BCUT2D eigenvalue weighted by atomic mass is 32.2. The number of hydrogen-bond donors (Lipinski definition) is 3. The Labute approximate surface area is 189 Å². The monoisotopic (exact) mass is 499 g/mol. The number of rotatable bonds is 7. The molecule has 0 spiro atoms. The van der Waals surface area contributed by atoms with E-state index >= 15 is 0 Å². The van der Waals surface area contributed by atoms with E-state index in [1.54, 1.807) is 0 Å². The van der Waals surface area contributed by atoms with Crippen molar-refractivity contribution in [2.75, 3.05) is 16.6 Å². The Balaban J connectivity index is 1.59. The molecule has 3 rings (SSSR count). The second-order valence-electron chi connectivity index (χ2n) is 6.71. The summed E-state index contributed by atoms with van der Waals surface area (Å²) in [6.07, 6.45) is 0. The molecule has 7 nitrogen and oxygen atoms in total. The minimum atomic E-state index is -4.24. The van der Waals surface area contributed by atoms with Gasteiger partial charge in [0, 0.05) is 11.3 Å². The number of carbonyl (C=O) groups is 2. The smallest absolute Gasteiger partial charge is 0.261 e. The van der Waals surface area contributed by atoms with Crippen molar-refractivity contribution in [2.24, 2.45) is 0 Å². The predicted octanol–water partition coefficient (Wildman–Crippen LogP) is 3.55. The number of amides is 2. The van der Waals surface area contributed by atoms with Crippen LogP contribution in [0.25, 0.3) is 0 Å². The SMILES string of the molecule is O=C(CNC(=O)c1ccc(NS(=O)(=O)c2ccc(F)c(F)c2)cc1)Nc1ccc(F)c(F)c1F. The highest BCUT2D eigenvalue weighted by Crippen LogP contribution is 2.20. The van der Waals surface area contributed by atoms with E-state index in [0.29, 0.717) is 18.2 Å². The Bertz CT molecular complexity index is 1370. The summed E-state index contributed by atoms with van der Waals surface area (Å²) in [4.78, 5) is 23.5. The number of halogens is 5. The average Bonchev–Trinajstić information content (AvgIpc) is 2.80. The standard InChI is InChI=1S/C21H14F5N3O4S/c22-14-6-5-13(9-16(14)24)34(32,33)29-12-3-1-11(2-4-12)21(31)27-10-18(30)28-17-8-7-15(23)19(25)20(17)26/h1-9,29H,10H2,(H,27,31)(H,28,30). The van der Waals surface area contributed by atoms with Crippen LogP contribution in [0.2, 0.25) is 0 Å². The number of sulfonamides is 1. The Kier molecular flexibility index (Phi) is 7.15. The molecular formula is C21H14F5N3O4S. The van der Waals surface area contributed by atoms with Crippen molar-refractivity contribution in [3.05, 3.63) is 89.2 Å². The van der Waals surface area contributed by atoms with E-state index in [4.69, 9.17) is 0 Å². The molecule has 0 bridgehead atoms. The molecule has 0 unspecified atom stereocenters. The zero-order chi connectivity index (χ0) is 25.0. The highest BCUT2D eigenvalue weighted by molar-refractivity contribution is 7.92. The van der Waals surface area contributed by atoms with Gasteiger partial charge >= 0.3 is 0 Å². The predicted molar refractivity (Wildman–Crippen MR) is 111 cm³/mol. The molecular weight excluding hydrogens is 485 g/mol. The fraction of sp³-hybridized carbons (Fsp3) is 0.0476. The lowest BCUT2D eigenvalue weighted by Gasteiger charge is -2.10. The minimum Gasteiger partial charge on any atom is -0.343 e. The second kappa shape index (κ2) is 9.87. The van der Waals surface area contributed by atoms with Crippen molar-refractivity contribution in [3.63, 3.8) is 0 Å². The van der Waals surface area contributed by atoms with Crippen molar-refractivity contribution in [3.8, 4) is 0 Å². The van der Waals surface area contributed by atoms with Crippen molar-refractivity contribution in [2.45, 2.75) is 4.90 Å². The van der Waals surface area contributed by atoms with Crippen LogP contribution in [-0.2, 0) is 14.8 Å². The van der Waals surface area contributed by atoms with E-state index in [2.05, 4.69) is 10.0 Å². The third kappa shape index (κ3) is 5.67. The number of hydrogen-bond acceptors (Lipinski definition) is 4. The van der Waals surface area contributed by atoms with Crippen molar-refractivity contribution in [1.29, 1.82) is 0 Å². The van der Waals surface area contributed by atoms with Gasteiger partial charge in [-0.2, -0.15) is 0 Å². The zero-order valence-corrected chi connectivity index (χ0v) is 17.7. The van der Waals surface area contributed by atoms with Crippen LogP contribution in [0.5, 0.6) is 0 Å². The summed E-state index contributed by atoms with van der Waals surface area (Å²) in [5, 5.41) is 4.19. The molecule has 0 fully saturated rings. The van der Waals surface area contributed by atoms with E-state index in [0.717, 1.165) is 12.1 Å². The first kappa shape index (κ1) is 24.6. The fourth-order valence-electron chi connectivity index (χ4n) is 2.63. The van der Waals surface area contributed by atoms with E-state index in [9.17, 15) is 40.0 Å². The lowest BCUT2D eigenvalue weighted by atomic mass is 10.2. The maximum Gasteiger partial charge on any atom is 0.261 e. The van der Waals surface area contributed by atoms with Crippen molar-refractivity contribution < 1.29 is 40.0 Å². The van der Waals surface area contributed by atoms with Gasteiger partial charge in [0.15, 0.2) is 29.1 Å². The molecule has 178 valence electrons. The van der Waals surface area contributed by atoms with Crippen LogP contribution in [0.1, 0.15) is 10.4 Å². The lowest BCUT2D eigenvalue weighted by Crippen LogP contribution is -2.33. The molecule has 34 heavy (non-hydrogen) atoms. The van der Waals surface area contributed by atoms with E-state index < -0.39 is 68.1 Å². The van der Waals surface area contributed by atoms with E-state index in [1.807, 2.05) is 5.32 Å². The fourth-order valence-corrected chi connectivity index (χ4v) is 3.70. The zero-order valence-electron chi connectivity index (χ0n) is 16.8. The van der Waals surface area contributed by atoms with E-state index in [-0.39, 0.29) is 11.3 Å². The second-order valence-corrected chi connectivity index (χ2v) is 8.39. The van der Waals surface area contributed by atoms with Crippen LogP contribution >= 0.6 is 0 Å². The third-order valence-corrected chi connectivity index (χ3v) is 5.70. The summed E-state index contributed by atoms with van der Waals surface area (Å²) in [7, 11) is -4.24. The summed E-state index contributed by atoms with van der Waals surface area (Å²) in [6, 6.07) is 8.33. The molecule has 0 saturated carbocycles. The largest absolute Gasteiger partial charge is 0.343 e. The quantitative estimate of drug-likeness (QED) is 0.342. The molecule has 3 aromatic rings. The lowest BCUT2D eigenvalue weighted by molar-refractivity contribution is -0.115. The summed E-state index contributed by atoms with van der Waals surface area (Å²) in [5.41, 5.74) is -0.591. The minimum absolute atomic E-state index is 0.00726. The molecule has 13 heteroatoms. The Morgan fingerprint density at radius 3 is 2.06 bits per heavy atom. The van der Waals surface area contributed by atoms with Gasteiger partial charge in [-0.15, -0.1) is 0 Å². The molecule has 0 aliphatic rings. The first-order chi connectivity index (χ1) is 16.0. The molecule has 0 heterocycles. The topological polar surface area (TPSA) is 104 Å². The van der Waals surface area contributed by atoms with Gasteiger partial charge in [0.25, 0.3) is 15.9 Å². The van der Waals surface area contributed by atoms with E-state index in [1.165, 1.54) is 24.3 Å². The average molecular weight is 499 g/mol. The Hall–Kier alpha value is -4.00. The van der Waals surface area contributed by atoms with Crippen LogP contribution in [0.4, 0.5) is 33.3 Å². The third-order valence-electron chi connectivity index (χ3n) is 4.32. The summed E-state index contributed by atoms with van der Waals surface area (Å²) >= 11 is 0. The van der Waals surface area contributed by atoms with Gasteiger partial charge in [-0.05, 0) is 54.6 Å². The number of nitrogens with one attached hydrogen (secondary N) is 3. The van der Waals surface area contributed by atoms with Crippen molar-refractivity contribution in [1.82, 2.24) is 5.32 Å². The van der Waals surface area contributed by atoms with Gasteiger partial charge < -0.3 is 10.6 Å². The molecule has 0 radical (unpaired) electrons. The van der Waals surface area contributed by atoms with Gasteiger partial charge in [0.1, 0.15) is 0 Å². The summed E-state index contributed by atoms with van der Waals surface area (Å²) in [6.45, 7) is -0.637. The van der Waals surface area contributed by atoms with Gasteiger partial charge in [-0.3, -0.25) is 14.3 Å². The molecule has 3 N–H and O–H groups in total.